The van der Waals surface area contributed by atoms with Crippen LogP contribution >= 0.6 is 11.6 Å². The van der Waals surface area contributed by atoms with Crippen LogP contribution in [0.5, 0.6) is 0 Å². The highest BCUT2D eigenvalue weighted by molar-refractivity contribution is 6.28. The molecule has 1 aromatic heterocycles. The van der Waals surface area contributed by atoms with Crippen LogP contribution < -0.4 is 5.32 Å². The summed E-state index contributed by atoms with van der Waals surface area (Å²) < 4.78 is 5.68. The predicted molar refractivity (Wildman–Crippen MR) is 75.1 cm³/mol. The highest BCUT2D eigenvalue weighted by Gasteiger charge is 2.21. The van der Waals surface area contributed by atoms with E-state index in [1.165, 1.54) is 19.8 Å². The van der Waals surface area contributed by atoms with Crippen molar-refractivity contribution in [3.8, 4) is 0 Å². The summed E-state index contributed by atoms with van der Waals surface area (Å²) >= 11 is 5.73. The zero-order valence-electron chi connectivity index (χ0n) is 11.3. The zero-order chi connectivity index (χ0) is 14.5. The van der Waals surface area contributed by atoms with Crippen molar-refractivity contribution >= 4 is 23.1 Å². The van der Waals surface area contributed by atoms with Crippen molar-refractivity contribution in [2.24, 2.45) is 0 Å². The number of halogens is 1. The van der Waals surface area contributed by atoms with Gasteiger partial charge in [0.05, 0.1) is 17.6 Å². The number of aryl methyl sites for hydroxylation is 1. The molecule has 0 unspecified atom stereocenters. The summed E-state index contributed by atoms with van der Waals surface area (Å²) in [4.78, 5) is 18.2. The number of aromatic nitrogens is 2. The summed E-state index contributed by atoms with van der Waals surface area (Å²) in [6.45, 7) is 2.47. The fraction of sp³-hybridized carbons (Fsp3) is 0.667. The largest absolute Gasteiger partial charge is 0.376 e. The SMILES string of the molecule is Cc1nc(Cl)nc(NCCOC2CCCC2)c1[N+](=O)[O-]. The Morgan fingerprint density at radius 3 is 2.80 bits per heavy atom. The monoisotopic (exact) mass is 300 g/mol. The number of hydrogen-bond acceptors (Lipinski definition) is 6. The molecule has 0 atom stereocenters. The molecule has 0 amide bonds. The molecule has 1 aliphatic rings. The van der Waals surface area contributed by atoms with Gasteiger partial charge in [0, 0.05) is 6.54 Å². The van der Waals surface area contributed by atoms with Gasteiger partial charge in [-0.3, -0.25) is 10.1 Å². The lowest BCUT2D eigenvalue weighted by Crippen LogP contribution is -2.17. The van der Waals surface area contributed by atoms with Crippen molar-refractivity contribution in [1.29, 1.82) is 0 Å². The van der Waals surface area contributed by atoms with Gasteiger partial charge >= 0.3 is 5.69 Å². The molecule has 1 N–H and O–H groups in total. The van der Waals surface area contributed by atoms with Crippen LogP contribution in [0.4, 0.5) is 11.5 Å². The Balaban J connectivity index is 1.92. The van der Waals surface area contributed by atoms with Gasteiger partial charge in [-0.25, -0.2) is 4.98 Å². The molecule has 0 bridgehead atoms. The number of nitrogens with one attached hydrogen (secondary N) is 1. The Labute approximate surface area is 121 Å². The first-order valence-corrected chi connectivity index (χ1v) is 6.99. The summed E-state index contributed by atoms with van der Waals surface area (Å²) in [6, 6.07) is 0. The Kier molecular flexibility index (Phi) is 5.08. The molecule has 1 fully saturated rings. The second-order valence-corrected chi connectivity index (χ2v) is 5.07. The zero-order valence-corrected chi connectivity index (χ0v) is 12.0. The Morgan fingerprint density at radius 2 is 2.15 bits per heavy atom. The van der Waals surface area contributed by atoms with E-state index in [9.17, 15) is 10.1 Å². The first kappa shape index (κ1) is 14.9. The minimum absolute atomic E-state index is 0.00712. The smallest absolute Gasteiger partial charge is 0.332 e. The highest BCUT2D eigenvalue weighted by atomic mass is 35.5. The molecule has 0 aromatic carbocycles. The number of nitro groups is 1. The Morgan fingerprint density at radius 1 is 1.45 bits per heavy atom. The van der Waals surface area contributed by atoms with E-state index in [4.69, 9.17) is 16.3 Å². The molecule has 20 heavy (non-hydrogen) atoms. The third-order valence-electron chi connectivity index (χ3n) is 3.26. The molecule has 2 rings (SSSR count). The van der Waals surface area contributed by atoms with E-state index in [0.717, 1.165) is 12.8 Å². The maximum Gasteiger partial charge on any atom is 0.332 e. The average molecular weight is 301 g/mol. The van der Waals surface area contributed by atoms with Crippen molar-refractivity contribution in [3.05, 3.63) is 21.1 Å². The van der Waals surface area contributed by atoms with Crippen LogP contribution in [-0.2, 0) is 4.74 Å². The summed E-state index contributed by atoms with van der Waals surface area (Å²) in [7, 11) is 0. The van der Waals surface area contributed by atoms with Gasteiger partial charge in [-0.1, -0.05) is 12.8 Å². The third-order valence-corrected chi connectivity index (χ3v) is 3.43. The molecular formula is C12H17ClN4O3. The number of hydrogen-bond donors (Lipinski definition) is 1. The van der Waals surface area contributed by atoms with Gasteiger partial charge in [-0.15, -0.1) is 0 Å². The molecular weight excluding hydrogens is 284 g/mol. The van der Waals surface area contributed by atoms with E-state index < -0.39 is 4.92 Å². The fourth-order valence-corrected chi connectivity index (χ4v) is 2.54. The molecule has 7 nitrogen and oxygen atoms in total. The molecule has 1 saturated carbocycles. The van der Waals surface area contributed by atoms with Crippen molar-refractivity contribution in [3.63, 3.8) is 0 Å². The standard InChI is InChI=1S/C12H17ClN4O3/c1-8-10(17(18)19)11(16-12(13)15-8)14-6-7-20-9-4-2-3-5-9/h9H,2-7H2,1H3,(H,14,15,16). The van der Waals surface area contributed by atoms with Gasteiger partial charge in [-0.05, 0) is 31.4 Å². The topological polar surface area (TPSA) is 90.2 Å². The minimum Gasteiger partial charge on any atom is -0.376 e. The maximum absolute atomic E-state index is 11.0. The van der Waals surface area contributed by atoms with Crippen molar-refractivity contribution < 1.29 is 9.66 Å². The molecule has 1 heterocycles. The molecule has 110 valence electrons. The first-order valence-electron chi connectivity index (χ1n) is 6.62. The fourth-order valence-electron chi connectivity index (χ4n) is 2.32. The van der Waals surface area contributed by atoms with Gasteiger partial charge in [0.2, 0.25) is 11.1 Å². The van der Waals surface area contributed by atoms with E-state index >= 15 is 0 Å². The van der Waals surface area contributed by atoms with Crippen LogP contribution in [0.2, 0.25) is 5.28 Å². The van der Waals surface area contributed by atoms with Crippen molar-refractivity contribution in [2.75, 3.05) is 18.5 Å². The molecule has 0 spiro atoms. The van der Waals surface area contributed by atoms with Crippen LogP contribution in [0.25, 0.3) is 0 Å². The lowest BCUT2D eigenvalue weighted by molar-refractivity contribution is -0.385. The molecule has 8 heteroatoms. The normalized spacial score (nSPS) is 15.5. The quantitative estimate of drug-likeness (QED) is 0.376. The minimum atomic E-state index is -0.508. The number of ether oxygens (including phenoxy) is 1. The summed E-state index contributed by atoms with van der Waals surface area (Å²) in [5.74, 6) is 0.141. The highest BCUT2D eigenvalue weighted by Crippen LogP contribution is 2.26. The van der Waals surface area contributed by atoms with Crippen molar-refractivity contribution in [1.82, 2.24) is 9.97 Å². The van der Waals surface area contributed by atoms with Crippen LogP contribution in [0.3, 0.4) is 0 Å². The summed E-state index contributed by atoms with van der Waals surface area (Å²) in [5, 5.41) is 13.9. The predicted octanol–water partition coefficient (Wildman–Crippen LogP) is 2.72. The lowest BCUT2D eigenvalue weighted by Gasteiger charge is -2.12. The van der Waals surface area contributed by atoms with Gasteiger partial charge < -0.3 is 10.1 Å². The van der Waals surface area contributed by atoms with E-state index in [-0.39, 0.29) is 22.5 Å². The van der Waals surface area contributed by atoms with Crippen LogP contribution in [0, 0.1) is 17.0 Å². The number of nitrogens with zero attached hydrogens (tertiary/aromatic N) is 3. The van der Waals surface area contributed by atoms with E-state index in [1.54, 1.807) is 0 Å². The number of anilines is 1. The summed E-state index contributed by atoms with van der Waals surface area (Å²) in [5.41, 5.74) is 0.101. The molecule has 0 saturated heterocycles. The Bertz CT molecular complexity index is 492. The number of rotatable bonds is 6. The maximum atomic E-state index is 11.0. The van der Waals surface area contributed by atoms with Gasteiger partial charge in [0.1, 0.15) is 5.69 Å². The van der Waals surface area contributed by atoms with E-state index in [2.05, 4.69) is 15.3 Å². The lowest BCUT2D eigenvalue weighted by atomic mass is 10.3. The van der Waals surface area contributed by atoms with Crippen molar-refractivity contribution in [2.45, 2.75) is 38.7 Å². The first-order chi connectivity index (χ1) is 9.58. The van der Waals surface area contributed by atoms with E-state index in [1.807, 2.05) is 0 Å². The van der Waals surface area contributed by atoms with Gasteiger partial charge in [0.25, 0.3) is 0 Å². The average Bonchev–Trinajstić information content (AvgIpc) is 2.86. The van der Waals surface area contributed by atoms with E-state index in [0.29, 0.717) is 19.3 Å². The molecule has 0 radical (unpaired) electrons. The Hall–Kier alpha value is -1.47. The second kappa shape index (κ2) is 6.81. The molecule has 0 aliphatic heterocycles. The molecule has 1 aliphatic carbocycles. The second-order valence-electron chi connectivity index (χ2n) is 4.74. The van der Waals surface area contributed by atoms with Gasteiger partial charge in [-0.2, -0.15) is 4.98 Å². The summed E-state index contributed by atoms with van der Waals surface area (Å²) in [6.07, 6.45) is 4.94. The molecule has 1 aromatic rings. The van der Waals surface area contributed by atoms with Crippen LogP contribution in [-0.4, -0.2) is 34.1 Å². The van der Waals surface area contributed by atoms with Crippen LogP contribution in [0.15, 0.2) is 0 Å². The van der Waals surface area contributed by atoms with Crippen LogP contribution in [0.1, 0.15) is 31.4 Å². The van der Waals surface area contributed by atoms with Gasteiger partial charge in [0.15, 0.2) is 0 Å². The third kappa shape index (κ3) is 3.77.